The van der Waals surface area contributed by atoms with Crippen molar-refractivity contribution in [2.75, 3.05) is 0 Å². The molecular weight excluding hydrogens is 436 g/mol. The number of carboxylic acids is 2. The average molecular weight is 467 g/mol. The highest BCUT2D eigenvalue weighted by Gasteiger charge is 1.93. The van der Waals surface area contributed by atoms with Crippen LogP contribution in [0.3, 0.4) is 0 Å². The van der Waals surface area contributed by atoms with Crippen LogP contribution in [-0.2, 0) is 9.59 Å². The van der Waals surface area contributed by atoms with Crippen LogP contribution in [0.25, 0.3) is 22.3 Å². The first-order valence-corrected chi connectivity index (χ1v) is 10.8. The Kier molecular flexibility index (Phi) is 13.7. The quantitative estimate of drug-likeness (QED) is 0.304. The monoisotopic (exact) mass is 466 g/mol. The highest BCUT2D eigenvalue weighted by Crippen LogP contribution is 2.18. The molecule has 0 saturated heterocycles. The van der Waals surface area contributed by atoms with E-state index in [1.165, 1.54) is 29.2 Å². The highest BCUT2D eigenvalue weighted by molar-refractivity contribution is 5.84. The second-order valence-electron chi connectivity index (χ2n) is 7.09. The Labute approximate surface area is 207 Å². The van der Waals surface area contributed by atoms with Gasteiger partial charge < -0.3 is 10.2 Å². The van der Waals surface area contributed by atoms with E-state index in [1.807, 2.05) is 24.3 Å². The first-order valence-electron chi connectivity index (χ1n) is 10.8. The van der Waals surface area contributed by atoms with E-state index >= 15 is 0 Å². The fourth-order valence-corrected chi connectivity index (χ4v) is 2.52. The van der Waals surface area contributed by atoms with Crippen LogP contribution in [0, 0.1) is 0 Å². The summed E-state index contributed by atoms with van der Waals surface area (Å²) in [5.74, 6) is -1.92. The van der Waals surface area contributed by atoms with E-state index in [1.54, 1.807) is 0 Å². The molecule has 0 aromatic heterocycles. The molecule has 0 atom stereocenters. The maximum Gasteiger partial charge on any atom is 0.330 e. The Balaban J connectivity index is 0.000000251. The van der Waals surface area contributed by atoms with E-state index in [4.69, 9.17) is 10.2 Å². The van der Waals surface area contributed by atoms with Gasteiger partial charge >= 0.3 is 11.9 Å². The smallest absolute Gasteiger partial charge is 0.330 e. The zero-order valence-electron chi connectivity index (χ0n) is 19.7. The summed E-state index contributed by atoms with van der Waals surface area (Å²) in [6.07, 6.45) is 0.833. The van der Waals surface area contributed by atoms with Crippen molar-refractivity contribution in [2.45, 2.75) is 6.92 Å². The second-order valence-corrected chi connectivity index (χ2v) is 7.09. The third-order valence-corrected chi connectivity index (χ3v) is 4.30. The topological polar surface area (TPSA) is 74.6 Å². The molecule has 4 aromatic carbocycles. The Morgan fingerprint density at radius 1 is 0.571 bits per heavy atom. The van der Waals surface area contributed by atoms with Crippen molar-refractivity contribution in [3.63, 3.8) is 0 Å². The molecule has 4 aromatic rings. The Hall–Kier alpha value is -4.70. The van der Waals surface area contributed by atoms with Gasteiger partial charge in [0.05, 0.1) is 0 Å². The lowest BCUT2D eigenvalue weighted by molar-refractivity contribution is -0.133. The van der Waals surface area contributed by atoms with E-state index in [2.05, 4.69) is 110 Å². The maximum atomic E-state index is 9.60. The molecule has 0 fully saturated rings. The van der Waals surface area contributed by atoms with Crippen LogP contribution < -0.4 is 0 Å². The Morgan fingerprint density at radius 3 is 0.857 bits per heavy atom. The third kappa shape index (κ3) is 12.8. The number of aliphatic carboxylic acids is 2. The molecule has 4 rings (SSSR count). The minimum Gasteiger partial charge on any atom is -0.478 e. The van der Waals surface area contributed by atoms with E-state index in [0.29, 0.717) is 0 Å². The lowest BCUT2D eigenvalue weighted by Crippen LogP contribution is -1.92. The molecule has 0 amide bonds. The minimum atomic E-state index is -0.981. The number of benzene rings is 4. The molecule has 0 aliphatic carbocycles. The van der Waals surface area contributed by atoms with Crippen LogP contribution in [-0.4, -0.2) is 22.2 Å². The van der Waals surface area contributed by atoms with Gasteiger partial charge in [-0.3, -0.25) is 0 Å². The predicted molar refractivity (Wildman–Crippen MR) is 144 cm³/mol. The highest BCUT2D eigenvalue weighted by atomic mass is 16.4. The molecule has 0 unspecified atom stereocenters. The van der Waals surface area contributed by atoms with Crippen molar-refractivity contribution in [3.8, 4) is 22.3 Å². The van der Waals surface area contributed by atoms with Gasteiger partial charge in [-0.05, 0) is 29.2 Å². The lowest BCUT2D eigenvalue weighted by Gasteiger charge is -1.98. The summed E-state index contributed by atoms with van der Waals surface area (Å²) in [5.41, 5.74) is 5.28. The largest absolute Gasteiger partial charge is 0.478 e. The summed E-state index contributed by atoms with van der Waals surface area (Å²) in [6, 6.07) is 41.6. The van der Waals surface area contributed by atoms with Crippen molar-refractivity contribution in [1.82, 2.24) is 0 Å². The molecule has 0 spiro atoms. The average Bonchev–Trinajstić information content (AvgIpc) is 2.92. The molecule has 0 bridgehead atoms. The second kappa shape index (κ2) is 16.9. The first kappa shape index (κ1) is 28.3. The number of hydrogen-bond acceptors (Lipinski definition) is 2. The van der Waals surface area contributed by atoms with Crippen molar-refractivity contribution in [2.24, 2.45) is 0 Å². The summed E-state index contributed by atoms with van der Waals surface area (Å²) in [6.45, 7) is 7.56. The molecule has 0 heterocycles. The third-order valence-electron chi connectivity index (χ3n) is 4.30. The number of hydrogen-bond donors (Lipinski definition) is 2. The number of rotatable bonds is 4. The van der Waals surface area contributed by atoms with Crippen LogP contribution in [0.5, 0.6) is 0 Å². The molecule has 2 N–H and O–H groups in total. The number of carboxylic acid groups (broad SMARTS) is 2. The molecule has 0 radical (unpaired) electrons. The SMILES string of the molecule is C=C(C)C(=O)O.C=CC(=O)O.c1ccc(-c2ccccc2)cc1.c1ccc(-c2ccccc2)cc1. The zero-order chi connectivity index (χ0) is 25.9. The predicted octanol–water partition coefficient (Wildman–Crippen LogP) is 7.61. The van der Waals surface area contributed by atoms with Crippen molar-refractivity contribution >= 4 is 11.9 Å². The fourth-order valence-electron chi connectivity index (χ4n) is 2.52. The van der Waals surface area contributed by atoms with Crippen LogP contribution in [0.1, 0.15) is 6.92 Å². The van der Waals surface area contributed by atoms with E-state index in [9.17, 15) is 9.59 Å². The first-order chi connectivity index (χ1) is 16.8. The summed E-state index contributed by atoms with van der Waals surface area (Å²) in [4.78, 5) is 18.8. The standard InChI is InChI=1S/2C12H10.C4H6O2.C3H4O2/c2*1-3-7-11(8-4-1)12-9-5-2-6-10-12;1-3(2)4(5)6;1-2-3(4)5/h2*1-10H;1H2,2H3,(H,5,6);2H,1H2,(H,4,5). The lowest BCUT2D eigenvalue weighted by atomic mass is 10.1. The summed E-state index contributed by atoms with van der Waals surface area (Å²) < 4.78 is 0. The minimum absolute atomic E-state index is 0.176. The van der Waals surface area contributed by atoms with Gasteiger partial charge in [-0.15, -0.1) is 0 Å². The molecule has 35 heavy (non-hydrogen) atoms. The molecule has 0 saturated carbocycles. The van der Waals surface area contributed by atoms with Crippen LogP contribution in [0.15, 0.2) is 146 Å². The molecular formula is C31H30O4. The molecule has 4 heteroatoms. The van der Waals surface area contributed by atoms with Crippen LogP contribution >= 0.6 is 0 Å². The summed E-state index contributed by atoms with van der Waals surface area (Å²) in [7, 11) is 0. The Bertz CT molecular complexity index is 992. The number of carbonyl (C=O) groups is 2. The molecule has 0 aliphatic heterocycles. The fraction of sp³-hybridized carbons (Fsp3) is 0.0323. The van der Waals surface area contributed by atoms with Crippen LogP contribution in [0.4, 0.5) is 0 Å². The van der Waals surface area contributed by atoms with Gasteiger partial charge in [-0.25, -0.2) is 9.59 Å². The van der Waals surface area contributed by atoms with Crippen molar-refractivity contribution in [1.29, 1.82) is 0 Å². The zero-order valence-corrected chi connectivity index (χ0v) is 19.7. The van der Waals surface area contributed by atoms with Crippen LogP contribution in [0.2, 0.25) is 0 Å². The van der Waals surface area contributed by atoms with Gasteiger partial charge in [-0.1, -0.05) is 134 Å². The summed E-state index contributed by atoms with van der Waals surface area (Å²) >= 11 is 0. The normalized spacial score (nSPS) is 8.83. The van der Waals surface area contributed by atoms with E-state index in [-0.39, 0.29) is 5.57 Å². The molecule has 4 nitrogen and oxygen atoms in total. The molecule has 0 aliphatic rings. The van der Waals surface area contributed by atoms with Gasteiger partial charge in [0.2, 0.25) is 0 Å². The van der Waals surface area contributed by atoms with Gasteiger partial charge in [-0.2, -0.15) is 0 Å². The Morgan fingerprint density at radius 2 is 0.743 bits per heavy atom. The van der Waals surface area contributed by atoms with Gasteiger partial charge in [0.15, 0.2) is 0 Å². The van der Waals surface area contributed by atoms with E-state index in [0.717, 1.165) is 6.08 Å². The van der Waals surface area contributed by atoms with Gasteiger partial charge in [0, 0.05) is 11.6 Å². The summed E-state index contributed by atoms with van der Waals surface area (Å²) in [5, 5.41) is 15.5. The van der Waals surface area contributed by atoms with E-state index < -0.39 is 11.9 Å². The van der Waals surface area contributed by atoms with Crippen molar-refractivity contribution < 1.29 is 19.8 Å². The molecule has 178 valence electrons. The van der Waals surface area contributed by atoms with Crippen molar-refractivity contribution in [3.05, 3.63) is 146 Å². The van der Waals surface area contributed by atoms with Gasteiger partial charge in [0.25, 0.3) is 0 Å². The van der Waals surface area contributed by atoms with Gasteiger partial charge in [0.1, 0.15) is 0 Å². The maximum absolute atomic E-state index is 9.60.